The molecule has 0 aliphatic rings. The van der Waals surface area contributed by atoms with Gasteiger partial charge in [-0.1, -0.05) is 50.2 Å². The minimum atomic E-state index is -0.0918. The number of rotatable bonds is 8. The maximum Gasteiger partial charge on any atom is 0.263 e. The number of benzene rings is 1. The van der Waals surface area contributed by atoms with Crippen molar-refractivity contribution in [2.45, 2.75) is 58.7 Å². The van der Waals surface area contributed by atoms with Crippen molar-refractivity contribution in [1.29, 1.82) is 0 Å². The summed E-state index contributed by atoms with van der Waals surface area (Å²) in [6.07, 6.45) is 2.75. The Morgan fingerprint density at radius 3 is 2.72 bits per heavy atom. The van der Waals surface area contributed by atoms with Gasteiger partial charge in [0.25, 0.3) is 5.56 Å². The van der Waals surface area contributed by atoms with E-state index in [0.29, 0.717) is 17.1 Å². The Balaban J connectivity index is 1.84. The Kier molecular flexibility index (Phi) is 7.14. The van der Waals surface area contributed by atoms with E-state index in [9.17, 15) is 9.59 Å². The number of amides is 1. The molecule has 0 unspecified atom stereocenters. The van der Waals surface area contributed by atoms with Gasteiger partial charge in [0.1, 0.15) is 4.83 Å². The van der Waals surface area contributed by atoms with Gasteiger partial charge in [-0.25, -0.2) is 4.98 Å². The van der Waals surface area contributed by atoms with E-state index in [4.69, 9.17) is 4.98 Å². The molecule has 154 valence electrons. The van der Waals surface area contributed by atoms with Crippen molar-refractivity contribution in [2.24, 2.45) is 0 Å². The number of carbonyl (C=O) groups excluding carboxylic acids is 1. The normalized spacial score (nSPS) is 11.2. The molecule has 0 spiro atoms. The molecule has 0 radical (unpaired) electrons. The summed E-state index contributed by atoms with van der Waals surface area (Å²) in [5, 5.41) is 4.33. The lowest BCUT2D eigenvalue weighted by Gasteiger charge is -2.12. The number of hydrogen-bond donors (Lipinski definition) is 1. The Morgan fingerprint density at radius 2 is 2.00 bits per heavy atom. The molecule has 1 amide bonds. The largest absolute Gasteiger partial charge is 0.325 e. The molecule has 3 aromatic rings. The van der Waals surface area contributed by atoms with Crippen molar-refractivity contribution in [3.8, 4) is 0 Å². The van der Waals surface area contributed by atoms with E-state index in [-0.39, 0.29) is 17.2 Å². The van der Waals surface area contributed by atoms with Gasteiger partial charge in [-0.05, 0) is 43.9 Å². The molecule has 5 nitrogen and oxygen atoms in total. The van der Waals surface area contributed by atoms with Crippen molar-refractivity contribution < 1.29 is 4.79 Å². The van der Waals surface area contributed by atoms with E-state index in [1.165, 1.54) is 11.8 Å². The monoisotopic (exact) mass is 429 g/mol. The van der Waals surface area contributed by atoms with E-state index in [1.807, 2.05) is 38.1 Å². The predicted octanol–water partition coefficient (Wildman–Crippen LogP) is 5.17. The molecule has 0 atom stereocenters. The number of anilines is 1. The van der Waals surface area contributed by atoms with Gasteiger partial charge >= 0.3 is 0 Å². The van der Waals surface area contributed by atoms with Crippen LogP contribution in [0, 0.1) is 13.8 Å². The molecule has 0 saturated carbocycles. The second kappa shape index (κ2) is 9.59. The van der Waals surface area contributed by atoms with Crippen LogP contribution >= 0.6 is 23.1 Å². The third-order valence-electron chi connectivity index (χ3n) is 4.99. The first-order chi connectivity index (χ1) is 14.0. The van der Waals surface area contributed by atoms with Crippen LogP contribution < -0.4 is 10.9 Å². The topological polar surface area (TPSA) is 64.0 Å². The van der Waals surface area contributed by atoms with Crippen LogP contribution in [0.4, 0.5) is 5.69 Å². The maximum absolute atomic E-state index is 13.1. The summed E-state index contributed by atoms with van der Waals surface area (Å²) in [4.78, 5) is 32.3. The third-order valence-corrected chi connectivity index (χ3v) is 7.07. The van der Waals surface area contributed by atoms with E-state index < -0.39 is 0 Å². The highest BCUT2D eigenvalue weighted by atomic mass is 32.2. The zero-order chi connectivity index (χ0) is 21.0. The number of carbonyl (C=O) groups is 1. The molecular formula is C22H27N3O2S2. The first kappa shape index (κ1) is 21.6. The van der Waals surface area contributed by atoms with Crippen LogP contribution in [-0.2, 0) is 17.8 Å². The summed E-state index contributed by atoms with van der Waals surface area (Å²) < 4.78 is 1.74. The SMILES string of the molecule is CCCCn1c(SCC(=O)Nc2ccccc2CC)nc2sc(C)c(C)c2c1=O. The molecule has 7 heteroatoms. The van der Waals surface area contributed by atoms with Gasteiger partial charge in [-0.3, -0.25) is 14.2 Å². The molecule has 3 rings (SSSR count). The molecule has 29 heavy (non-hydrogen) atoms. The number of hydrogen-bond acceptors (Lipinski definition) is 5. The van der Waals surface area contributed by atoms with Crippen molar-refractivity contribution >= 4 is 44.9 Å². The summed E-state index contributed by atoms with van der Waals surface area (Å²) in [6.45, 7) is 8.78. The minimum Gasteiger partial charge on any atom is -0.325 e. The fourth-order valence-electron chi connectivity index (χ4n) is 3.20. The third kappa shape index (κ3) is 4.73. The summed E-state index contributed by atoms with van der Waals surface area (Å²) in [5.74, 6) is 0.122. The van der Waals surface area contributed by atoms with E-state index in [2.05, 4.69) is 19.2 Å². The molecule has 0 aliphatic heterocycles. The second-order valence-corrected chi connectivity index (χ2v) is 9.16. The first-order valence-corrected chi connectivity index (χ1v) is 11.8. The highest BCUT2D eigenvalue weighted by molar-refractivity contribution is 7.99. The van der Waals surface area contributed by atoms with Crippen LogP contribution in [0.5, 0.6) is 0 Å². The zero-order valence-corrected chi connectivity index (χ0v) is 19.0. The smallest absolute Gasteiger partial charge is 0.263 e. The lowest BCUT2D eigenvalue weighted by atomic mass is 10.1. The molecular weight excluding hydrogens is 402 g/mol. The molecule has 0 fully saturated rings. The molecule has 2 heterocycles. The summed E-state index contributed by atoms with van der Waals surface area (Å²) in [6, 6.07) is 7.82. The Hall–Kier alpha value is -2.12. The molecule has 0 aliphatic carbocycles. The van der Waals surface area contributed by atoms with Gasteiger partial charge in [-0.15, -0.1) is 11.3 Å². The number of aromatic nitrogens is 2. The van der Waals surface area contributed by atoms with Crippen LogP contribution in [0.15, 0.2) is 34.2 Å². The van der Waals surface area contributed by atoms with Gasteiger partial charge in [0, 0.05) is 17.1 Å². The molecule has 0 saturated heterocycles. The van der Waals surface area contributed by atoms with Crippen LogP contribution in [0.25, 0.3) is 10.2 Å². The summed E-state index contributed by atoms with van der Waals surface area (Å²) in [7, 11) is 0. The second-order valence-electron chi connectivity index (χ2n) is 7.02. The number of aryl methyl sites for hydroxylation is 3. The van der Waals surface area contributed by atoms with Crippen molar-refractivity contribution in [1.82, 2.24) is 9.55 Å². The minimum absolute atomic E-state index is 0.00420. The van der Waals surface area contributed by atoms with Crippen molar-refractivity contribution in [3.05, 3.63) is 50.6 Å². The maximum atomic E-state index is 13.1. The molecule has 2 aromatic heterocycles. The average Bonchev–Trinajstić information content (AvgIpc) is 3.00. The quantitative estimate of drug-likeness (QED) is 0.396. The van der Waals surface area contributed by atoms with Crippen LogP contribution in [-0.4, -0.2) is 21.2 Å². The van der Waals surface area contributed by atoms with E-state index in [0.717, 1.165) is 45.8 Å². The summed E-state index contributed by atoms with van der Waals surface area (Å²) >= 11 is 2.87. The fraction of sp³-hybridized carbons (Fsp3) is 0.409. The van der Waals surface area contributed by atoms with Crippen molar-refractivity contribution in [2.75, 3.05) is 11.1 Å². The molecule has 1 aromatic carbocycles. The predicted molar refractivity (Wildman–Crippen MR) is 123 cm³/mol. The van der Waals surface area contributed by atoms with Gasteiger partial charge < -0.3 is 5.32 Å². The first-order valence-electron chi connectivity index (χ1n) is 9.97. The molecule has 0 bridgehead atoms. The number of para-hydroxylation sites is 1. The van der Waals surface area contributed by atoms with E-state index in [1.54, 1.807) is 15.9 Å². The number of fused-ring (bicyclic) bond motifs is 1. The number of unbranched alkanes of at least 4 members (excludes halogenated alkanes) is 1. The van der Waals surface area contributed by atoms with Crippen molar-refractivity contribution in [3.63, 3.8) is 0 Å². The number of thiophene rings is 1. The van der Waals surface area contributed by atoms with Crippen LogP contribution in [0.2, 0.25) is 0 Å². The van der Waals surface area contributed by atoms with Crippen LogP contribution in [0.3, 0.4) is 0 Å². The Labute approximate surface area is 179 Å². The molecule has 1 N–H and O–H groups in total. The summed E-state index contributed by atoms with van der Waals surface area (Å²) in [5.41, 5.74) is 2.97. The highest BCUT2D eigenvalue weighted by Crippen LogP contribution is 2.28. The fourth-order valence-corrected chi connectivity index (χ4v) is 5.09. The number of thioether (sulfide) groups is 1. The highest BCUT2D eigenvalue weighted by Gasteiger charge is 2.17. The Bertz CT molecular complexity index is 1090. The number of nitrogens with one attached hydrogen (secondary N) is 1. The van der Waals surface area contributed by atoms with Crippen LogP contribution in [0.1, 0.15) is 42.7 Å². The average molecular weight is 430 g/mol. The standard InChI is InChI=1S/C22H27N3O2S2/c1-5-7-12-25-21(27)19-14(3)15(4)29-20(19)24-22(25)28-13-18(26)23-17-11-9-8-10-16(17)6-2/h8-11H,5-7,12-13H2,1-4H3,(H,23,26). The Morgan fingerprint density at radius 1 is 1.24 bits per heavy atom. The lowest BCUT2D eigenvalue weighted by Crippen LogP contribution is -2.24. The van der Waals surface area contributed by atoms with Gasteiger partial charge in [0.05, 0.1) is 11.1 Å². The zero-order valence-electron chi connectivity index (χ0n) is 17.4. The van der Waals surface area contributed by atoms with Gasteiger partial charge in [-0.2, -0.15) is 0 Å². The van der Waals surface area contributed by atoms with Gasteiger partial charge in [0.2, 0.25) is 5.91 Å². The van der Waals surface area contributed by atoms with E-state index >= 15 is 0 Å². The number of nitrogens with zero attached hydrogens (tertiary/aromatic N) is 2. The lowest BCUT2D eigenvalue weighted by molar-refractivity contribution is -0.113. The van der Waals surface area contributed by atoms with Gasteiger partial charge in [0.15, 0.2) is 5.16 Å².